The van der Waals surface area contributed by atoms with E-state index in [1.54, 1.807) is 10.7 Å². The third-order valence-corrected chi connectivity index (χ3v) is 9.02. The lowest BCUT2D eigenvalue weighted by atomic mass is 9.89. The molecule has 3 aromatic heterocycles. The molecule has 1 aliphatic carbocycles. The van der Waals surface area contributed by atoms with Crippen molar-refractivity contribution in [1.82, 2.24) is 24.3 Å². The fourth-order valence-electron chi connectivity index (χ4n) is 6.03. The molecule has 4 aromatic rings. The van der Waals surface area contributed by atoms with Crippen molar-refractivity contribution in [3.05, 3.63) is 65.7 Å². The second kappa shape index (κ2) is 9.13. The van der Waals surface area contributed by atoms with Gasteiger partial charge in [0.15, 0.2) is 0 Å². The van der Waals surface area contributed by atoms with Crippen LogP contribution in [0.25, 0.3) is 16.6 Å². The van der Waals surface area contributed by atoms with Gasteiger partial charge in [-0.1, -0.05) is 30.3 Å². The highest BCUT2D eigenvalue weighted by Crippen LogP contribution is 2.42. The highest BCUT2D eigenvalue weighted by atomic mass is 32.2. The minimum absolute atomic E-state index is 0.428. The molecule has 1 saturated carbocycles. The van der Waals surface area contributed by atoms with Gasteiger partial charge in [0.2, 0.25) is 0 Å². The van der Waals surface area contributed by atoms with Gasteiger partial charge in [0.05, 0.1) is 35.1 Å². The number of fused-ring (bicyclic) bond motifs is 5. The Kier molecular flexibility index (Phi) is 5.79. The first-order valence-electron chi connectivity index (χ1n) is 12.4. The van der Waals surface area contributed by atoms with Gasteiger partial charge in [-0.25, -0.2) is 4.52 Å². The number of pyridine rings is 1. The Hall–Kier alpha value is -3.59. The SMILES string of the molecule is Cc1c(-c2cc(Sc3ccccc3C#N)c3c(C#N)cnn3c2)cnn1[C@H]1C[C@H]2CCCC1CN2C. The van der Waals surface area contributed by atoms with Gasteiger partial charge < -0.3 is 4.90 Å². The van der Waals surface area contributed by atoms with Crippen LogP contribution in [0, 0.1) is 35.5 Å². The van der Waals surface area contributed by atoms with E-state index in [0.29, 0.717) is 29.1 Å². The van der Waals surface area contributed by atoms with E-state index < -0.39 is 0 Å². The number of aromatic nitrogens is 4. The molecule has 2 aliphatic heterocycles. The predicted octanol–water partition coefficient (Wildman–Crippen LogP) is 5.45. The molecule has 36 heavy (non-hydrogen) atoms. The van der Waals surface area contributed by atoms with Crippen molar-refractivity contribution < 1.29 is 0 Å². The molecule has 0 spiro atoms. The highest BCUT2D eigenvalue weighted by Gasteiger charge is 2.38. The van der Waals surface area contributed by atoms with Crippen molar-refractivity contribution in [1.29, 1.82) is 10.5 Å². The van der Waals surface area contributed by atoms with E-state index in [9.17, 15) is 10.5 Å². The zero-order chi connectivity index (χ0) is 24.8. The van der Waals surface area contributed by atoms with Gasteiger partial charge in [0.1, 0.15) is 12.1 Å². The fraction of sp³-hybridized carbons (Fsp3) is 0.357. The van der Waals surface area contributed by atoms with Crippen molar-refractivity contribution in [2.24, 2.45) is 5.92 Å². The van der Waals surface area contributed by atoms with Crippen LogP contribution in [0.15, 0.2) is 58.7 Å². The van der Waals surface area contributed by atoms with E-state index in [4.69, 9.17) is 5.10 Å². The molecule has 8 heteroatoms. The Morgan fingerprint density at radius 2 is 1.86 bits per heavy atom. The van der Waals surface area contributed by atoms with Gasteiger partial charge in [-0.15, -0.1) is 0 Å². The summed E-state index contributed by atoms with van der Waals surface area (Å²) in [6.07, 6.45) is 10.6. The molecule has 1 unspecified atom stereocenters. The van der Waals surface area contributed by atoms with Gasteiger partial charge >= 0.3 is 0 Å². The topological polar surface area (TPSA) is 85.9 Å². The third kappa shape index (κ3) is 3.78. The van der Waals surface area contributed by atoms with Gasteiger partial charge in [0, 0.05) is 45.4 Å². The van der Waals surface area contributed by atoms with Gasteiger partial charge in [-0.05, 0) is 57.4 Å². The summed E-state index contributed by atoms with van der Waals surface area (Å²) in [4.78, 5) is 4.29. The molecular weight excluding hydrogens is 466 g/mol. The summed E-state index contributed by atoms with van der Waals surface area (Å²) < 4.78 is 4.04. The predicted molar refractivity (Wildman–Crippen MR) is 139 cm³/mol. The van der Waals surface area contributed by atoms with Crippen molar-refractivity contribution in [2.45, 2.75) is 54.5 Å². The van der Waals surface area contributed by atoms with E-state index in [1.807, 2.05) is 36.7 Å². The van der Waals surface area contributed by atoms with E-state index in [2.05, 4.69) is 46.9 Å². The quantitative estimate of drug-likeness (QED) is 0.376. The number of nitriles is 2. The Bertz CT molecular complexity index is 1540. The first-order valence-corrected chi connectivity index (χ1v) is 13.2. The van der Waals surface area contributed by atoms with Gasteiger partial charge in [-0.3, -0.25) is 4.68 Å². The van der Waals surface area contributed by atoms with Gasteiger partial charge in [0.25, 0.3) is 0 Å². The summed E-state index contributed by atoms with van der Waals surface area (Å²) in [5.41, 5.74) is 5.14. The third-order valence-electron chi connectivity index (χ3n) is 7.91. The summed E-state index contributed by atoms with van der Waals surface area (Å²) >= 11 is 1.50. The average Bonchev–Trinajstić information content (AvgIpc) is 3.36. The van der Waals surface area contributed by atoms with Crippen LogP contribution in [0.2, 0.25) is 0 Å². The maximum atomic E-state index is 9.71. The molecule has 3 atom stereocenters. The van der Waals surface area contributed by atoms with Crippen LogP contribution in [0.1, 0.15) is 48.5 Å². The van der Waals surface area contributed by atoms with Crippen LogP contribution in [0.5, 0.6) is 0 Å². The molecule has 1 aromatic carbocycles. The lowest BCUT2D eigenvalue weighted by molar-refractivity contribution is 0.1000. The van der Waals surface area contributed by atoms with E-state index in [0.717, 1.165) is 45.1 Å². The van der Waals surface area contributed by atoms with Crippen LogP contribution >= 0.6 is 11.8 Å². The molecule has 2 bridgehead atoms. The first kappa shape index (κ1) is 22.8. The smallest absolute Gasteiger partial charge is 0.103 e. The number of hydrogen-bond donors (Lipinski definition) is 0. The molecule has 2 saturated heterocycles. The van der Waals surface area contributed by atoms with Gasteiger partial charge in [-0.2, -0.15) is 20.7 Å². The average molecular weight is 494 g/mol. The normalized spacial score (nSPS) is 21.8. The lowest BCUT2D eigenvalue weighted by Crippen LogP contribution is -2.43. The molecule has 7 nitrogen and oxygen atoms in total. The summed E-state index contributed by atoms with van der Waals surface area (Å²) in [6.45, 7) is 3.30. The Balaban J connectivity index is 1.43. The molecule has 0 N–H and O–H groups in total. The Labute approximate surface area is 214 Å². The maximum absolute atomic E-state index is 9.71. The number of rotatable bonds is 4. The molecule has 7 rings (SSSR count). The zero-order valence-corrected chi connectivity index (χ0v) is 21.2. The number of hydrogen-bond acceptors (Lipinski definition) is 6. The summed E-state index contributed by atoms with van der Waals surface area (Å²) in [5, 5.41) is 28.7. The van der Waals surface area contributed by atoms with Crippen LogP contribution < -0.4 is 0 Å². The Morgan fingerprint density at radius 1 is 1.03 bits per heavy atom. The minimum atomic E-state index is 0.428. The molecular formula is C28H27N7S. The number of piperidine rings is 1. The van der Waals surface area contributed by atoms with Crippen LogP contribution in [-0.2, 0) is 0 Å². The largest absolute Gasteiger partial charge is 0.303 e. The van der Waals surface area contributed by atoms with E-state index >= 15 is 0 Å². The van der Waals surface area contributed by atoms with Crippen molar-refractivity contribution in [2.75, 3.05) is 13.6 Å². The van der Waals surface area contributed by atoms with Crippen LogP contribution in [-0.4, -0.2) is 43.9 Å². The van der Waals surface area contributed by atoms with E-state index in [1.165, 1.54) is 31.0 Å². The second-order valence-electron chi connectivity index (χ2n) is 9.94. The molecule has 0 radical (unpaired) electrons. The lowest BCUT2D eigenvalue weighted by Gasteiger charge is -2.40. The van der Waals surface area contributed by atoms with Crippen LogP contribution in [0.4, 0.5) is 0 Å². The Morgan fingerprint density at radius 3 is 2.69 bits per heavy atom. The van der Waals surface area contributed by atoms with Crippen molar-refractivity contribution >= 4 is 17.3 Å². The molecule has 0 amide bonds. The number of nitrogens with zero attached hydrogens (tertiary/aromatic N) is 7. The summed E-state index contributed by atoms with van der Waals surface area (Å²) in [5.74, 6) is 0.626. The molecule has 3 fully saturated rings. The second-order valence-corrected chi connectivity index (χ2v) is 11.0. The van der Waals surface area contributed by atoms with Crippen LogP contribution in [0.3, 0.4) is 0 Å². The molecule has 180 valence electrons. The number of benzene rings is 1. The van der Waals surface area contributed by atoms with E-state index in [-0.39, 0.29) is 0 Å². The maximum Gasteiger partial charge on any atom is 0.103 e. The van der Waals surface area contributed by atoms with Crippen molar-refractivity contribution in [3.63, 3.8) is 0 Å². The van der Waals surface area contributed by atoms with Crippen molar-refractivity contribution in [3.8, 4) is 23.3 Å². The first-order chi connectivity index (χ1) is 17.6. The monoisotopic (exact) mass is 493 g/mol. The highest BCUT2D eigenvalue weighted by molar-refractivity contribution is 7.99. The molecule has 3 aliphatic rings. The molecule has 5 heterocycles. The zero-order valence-electron chi connectivity index (χ0n) is 20.4. The standard InChI is InChI=1S/C28H27N7S/c1-18-24(15-32-35(18)25-11-23-8-5-7-20(25)16-33(23)2)21-10-27(28-22(13-30)14-31-34(28)17-21)36-26-9-4-3-6-19(26)12-29/h3-4,6,9-10,14-15,17,20,23,25H,5,7-8,11,16H2,1-2H3/t20?,23-,25+/m1/s1. The minimum Gasteiger partial charge on any atom is -0.303 e. The fourth-order valence-corrected chi connectivity index (χ4v) is 7.12. The summed E-state index contributed by atoms with van der Waals surface area (Å²) in [7, 11) is 2.26. The summed E-state index contributed by atoms with van der Waals surface area (Å²) in [6, 6.07) is 15.3.